The average Bonchev–Trinajstić information content (AvgIpc) is 3.06. The summed E-state index contributed by atoms with van der Waals surface area (Å²) in [6.07, 6.45) is 5.38. The molecule has 0 atom stereocenters. The van der Waals surface area contributed by atoms with E-state index in [1.54, 1.807) is 12.3 Å². The molecule has 3 aromatic rings. The van der Waals surface area contributed by atoms with E-state index in [4.69, 9.17) is 11.6 Å². The first kappa shape index (κ1) is 17.7. The molecule has 0 fully saturated rings. The smallest absolute Gasteiger partial charge is 0.229 e. The van der Waals surface area contributed by atoms with Crippen LogP contribution < -0.4 is 10.6 Å². The minimum atomic E-state index is -1.00. The number of benzene rings is 1. The van der Waals surface area contributed by atoms with Gasteiger partial charge in [-0.25, -0.2) is 13.8 Å². The zero-order valence-electron chi connectivity index (χ0n) is 13.3. The van der Waals surface area contributed by atoms with Gasteiger partial charge in [-0.15, -0.1) is 0 Å². The van der Waals surface area contributed by atoms with Crippen LogP contribution in [-0.2, 0) is 17.9 Å². The molecule has 1 aromatic carbocycles. The highest BCUT2D eigenvalue weighted by Gasteiger charge is 2.12. The third kappa shape index (κ3) is 4.12. The second kappa shape index (κ2) is 7.87. The number of anilines is 3. The van der Waals surface area contributed by atoms with E-state index in [1.165, 1.54) is 23.1 Å². The third-order valence-corrected chi connectivity index (χ3v) is 3.75. The second-order valence-corrected chi connectivity index (χ2v) is 5.59. The number of halogens is 3. The van der Waals surface area contributed by atoms with E-state index in [0.29, 0.717) is 11.5 Å². The van der Waals surface area contributed by atoms with Crippen molar-refractivity contribution in [2.45, 2.75) is 13.1 Å². The molecule has 7 nitrogen and oxygen atoms in total. The van der Waals surface area contributed by atoms with Gasteiger partial charge in [0.05, 0.1) is 18.4 Å². The molecule has 0 unspecified atom stereocenters. The summed E-state index contributed by atoms with van der Waals surface area (Å²) >= 11 is 5.91. The molecule has 3 rings (SSSR count). The van der Waals surface area contributed by atoms with Gasteiger partial charge in [0.15, 0.2) is 11.6 Å². The van der Waals surface area contributed by atoms with E-state index < -0.39 is 11.6 Å². The number of nitrogens with zero attached hydrogens (tertiary/aromatic N) is 4. The van der Waals surface area contributed by atoms with E-state index in [-0.39, 0.29) is 29.6 Å². The molecular weight excluding hydrogens is 366 g/mol. The zero-order valence-corrected chi connectivity index (χ0v) is 14.0. The Hall–Kier alpha value is -3.07. The SMILES string of the molecule is O=CCn1cc(Nc2nccc(NCc3c(Cl)ccc(F)c3F)n2)cn1. The Kier molecular flexibility index (Phi) is 5.37. The summed E-state index contributed by atoms with van der Waals surface area (Å²) < 4.78 is 28.6. The maximum atomic E-state index is 13.8. The summed E-state index contributed by atoms with van der Waals surface area (Å²) in [4.78, 5) is 18.8. The molecule has 0 radical (unpaired) electrons. The molecule has 0 aliphatic heterocycles. The number of rotatable bonds is 7. The van der Waals surface area contributed by atoms with Crippen LogP contribution in [0.1, 0.15) is 5.56 Å². The highest BCUT2D eigenvalue weighted by molar-refractivity contribution is 6.31. The molecule has 134 valence electrons. The number of hydrogen-bond acceptors (Lipinski definition) is 6. The van der Waals surface area contributed by atoms with Crippen LogP contribution in [0.4, 0.5) is 26.2 Å². The molecule has 26 heavy (non-hydrogen) atoms. The lowest BCUT2D eigenvalue weighted by Crippen LogP contribution is -2.07. The van der Waals surface area contributed by atoms with Gasteiger partial charge in [0.1, 0.15) is 12.1 Å². The topological polar surface area (TPSA) is 84.7 Å². The number of nitrogens with one attached hydrogen (secondary N) is 2. The molecule has 10 heteroatoms. The molecule has 0 aliphatic rings. The maximum absolute atomic E-state index is 13.8. The predicted octanol–water partition coefficient (Wildman–Crippen LogP) is 3.16. The number of aromatic nitrogens is 4. The second-order valence-electron chi connectivity index (χ2n) is 5.18. The van der Waals surface area contributed by atoms with Crippen LogP contribution in [0.5, 0.6) is 0 Å². The van der Waals surface area contributed by atoms with Gasteiger partial charge in [0.25, 0.3) is 0 Å². The largest absolute Gasteiger partial charge is 0.366 e. The summed E-state index contributed by atoms with van der Waals surface area (Å²) in [6.45, 7) is 0.0975. The maximum Gasteiger partial charge on any atom is 0.229 e. The fourth-order valence-electron chi connectivity index (χ4n) is 2.16. The molecular formula is C16H13ClF2N6O. The van der Waals surface area contributed by atoms with Gasteiger partial charge >= 0.3 is 0 Å². The average molecular weight is 379 g/mol. The van der Waals surface area contributed by atoms with Crippen molar-refractivity contribution in [1.82, 2.24) is 19.7 Å². The summed E-state index contributed by atoms with van der Waals surface area (Å²) in [5.74, 6) is -1.31. The van der Waals surface area contributed by atoms with E-state index >= 15 is 0 Å². The lowest BCUT2D eigenvalue weighted by atomic mass is 10.2. The summed E-state index contributed by atoms with van der Waals surface area (Å²) in [5, 5.41) is 9.91. The summed E-state index contributed by atoms with van der Waals surface area (Å²) in [5.41, 5.74) is 0.609. The van der Waals surface area contributed by atoms with Crippen LogP contribution in [0.25, 0.3) is 0 Å². The zero-order chi connectivity index (χ0) is 18.5. The number of carbonyl (C=O) groups is 1. The molecule has 2 aromatic heterocycles. The molecule has 2 N–H and O–H groups in total. The van der Waals surface area contributed by atoms with Gasteiger partial charge in [-0.05, 0) is 18.2 Å². The van der Waals surface area contributed by atoms with E-state index in [1.807, 2.05) is 0 Å². The van der Waals surface area contributed by atoms with Crippen molar-refractivity contribution in [2.24, 2.45) is 0 Å². The summed E-state index contributed by atoms with van der Waals surface area (Å²) in [6, 6.07) is 3.84. The lowest BCUT2D eigenvalue weighted by molar-refractivity contribution is -0.108. The quantitative estimate of drug-likeness (QED) is 0.485. The minimum Gasteiger partial charge on any atom is -0.366 e. The molecule has 0 aliphatic carbocycles. The first-order valence-electron chi connectivity index (χ1n) is 7.49. The fraction of sp³-hybridized carbons (Fsp3) is 0.125. The minimum absolute atomic E-state index is 0.00919. The van der Waals surface area contributed by atoms with Crippen molar-refractivity contribution < 1.29 is 13.6 Å². The molecule has 0 amide bonds. The Bertz CT molecular complexity index is 933. The van der Waals surface area contributed by atoms with Crippen LogP contribution in [0, 0.1) is 11.6 Å². The standard InChI is InChI=1S/C16H13ClF2N6O/c17-12-1-2-13(18)15(19)11(12)8-21-14-3-4-20-16(24-14)23-10-7-22-25(9-10)5-6-26/h1-4,6-7,9H,5,8H2,(H2,20,21,23,24). The Morgan fingerprint density at radius 2 is 2.12 bits per heavy atom. The highest BCUT2D eigenvalue weighted by atomic mass is 35.5. The van der Waals surface area contributed by atoms with Gasteiger partial charge < -0.3 is 15.4 Å². The van der Waals surface area contributed by atoms with Crippen LogP contribution in [0.15, 0.2) is 36.8 Å². The predicted molar refractivity (Wildman–Crippen MR) is 92.3 cm³/mol. The molecule has 0 bridgehead atoms. The van der Waals surface area contributed by atoms with E-state index in [0.717, 1.165) is 12.4 Å². The van der Waals surface area contributed by atoms with Crippen molar-refractivity contribution in [3.8, 4) is 0 Å². The third-order valence-electron chi connectivity index (χ3n) is 3.39. The van der Waals surface area contributed by atoms with E-state index in [2.05, 4.69) is 25.7 Å². The van der Waals surface area contributed by atoms with Gasteiger partial charge in [-0.1, -0.05) is 11.6 Å². The van der Waals surface area contributed by atoms with E-state index in [9.17, 15) is 13.6 Å². The lowest BCUT2D eigenvalue weighted by Gasteiger charge is -2.10. The van der Waals surface area contributed by atoms with Crippen LogP contribution >= 0.6 is 11.6 Å². The van der Waals surface area contributed by atoms with Gasteiger partial charge in [-0.2, -0.15) is 10.1 Å². The van der Waals surface area contributed by atoms with Crippen LogP contribution in [0.3, 0.4) is 0 Å². The normalized spacial score (nSPS) is 10.6. The van der Waals surface area contributed by atoms with Crippen molar-refractivity contribution in [3.63, 3.8) is 0 Å². The van der Waals surface area contributed by atoms with Gasteiger partial charge in [0.2, 0.25) is 5.95 Å². The fourth-order valence-corrected chi connectivity index (χ4v) is 2.37. The number of aldehydes is 1. The van der Waals surface area contributed by atoms with Crippen molar-refractivity contribution in [1.29, 1.82) is 0 Å². The first-order valence-corrected chi connectivity index (χ1v) is 7.87. The molecule has 0 spiro atoms. The highest BCUT2D eigenvalue weighted by Crippen LogP contribution is 2.22. The van der Waals surface area contributed by atoms with Crippen LogP contribution in [-0.4, -0.2) is 26.0 Å². The Labute approximate surface area is 152 Å². The Morgan fingerprint density at radius 1 is 1.27 bits per heavy atom. The van der Waals surface area contributed by atoms with Crippen LogP contribution in [0.2, 0.25) is 5.02 Å². The molecule has 2 heterocycles. The first-order chi connectivity index (χ1) is 12.6. The monoisotopic (exact) mass is 378 g/mol. The van der Waals surface area contributed by atoms with Gasteiger partial charge in [0, 0.05) is 29.5 Å². The van der Waals surface area contributed by atoms with Crippen molar-refractivity contribution >= 4 is 35.3 Å². The van der Waals surface area contributed by atoms with Crippen molar-refractivity contribution in [3.05, 3.63) is 59.0 Å². The molecule has 0 saturated carbocycles. The Morgan fingerprint density at radius 3 is 2.92 bits per heavy atom. The molecule has 0 saturated heterocycles. The number of carbonyl (C=O) groups excluding carboxylic acids is 1. The van der Waals surface area contributed by atoms with Gasteiger partial charge in [-0.3, -0.25) is 4.68 Å². The Balaban J connectivity index is 1.69. The van der Waals surface area contributed by atoms with Crippen molar-refractivity contribution in [2.75, 3.05) is 10.6 Å². The summed E-state index contributed by atoms with van der Waals surface area (Å²) in [7, 11) is 0. The number of hydrogen-bond donors (Lipinski definition) is 2.